The van der Waals surface area contributed by atoms with Crippen LogP contribution in [0.5, 0.6) is 0 Å². The van der Waals surface area contributed by atoms with Gasteiger partial charge in [0.25, 0.3) is 0 Å². The summed E-state index contributed by atoms with van der Waals surface area (Å²) in [7, 11) is 3.62. The van der Waals surface area contributed by atoms with Crippen molar-refractivity contribution in [2.75, 3.05) is 40.4 Å². The molecule has 164 valence electrons. The van der Waals surface area contributed by atoms with Crippen LogP contribution >= 0.6 is 24.0 Å². The number of benzene rings is 1. The summed E-state index contributed by atoms with van der Waals surface area (Å²) in [5, 5.41) is 3.64. The minimum absolute atomic E-state index is 0. The quantitative estimate of drug-likeness (QED) is 0.345. The number of guanidine groups is 1. The Labute approximate surface area is 191 Å². The van der Waals surface area contributed by atoms with Crippen molar-refractivity contribution >= 4 is 29.9 Å². The highest BCUT2D eigenvalue weighted by atomic mass is 127. The molecule has 2 atom stereocenters. The molecule has 7 heteroatoms. The normalized spacial score (nSPS) is 24.3. The van der Waals surface area contributed by atoms with Crippen LogP contribution in [0.2, 0.25) is 0 Å². The van der Waals surface area contributed by atoms with E-state index in [0.717, 1.165) is 37.6 Å². The molecule has 1 saturated carbocycles. The summed E-state index contributed by atoms with van der Waals surface area (Å²) in [5.74, 6) is 0.700. The number of hydrogen-bond acceptors (Lipinski definition) is 3. The number of morpholine rings is 1. The molecular formula is C22H35FIN3O2. The average molecular weight is 519 g/mol. The van der Waals surface area contributed by atoms with Crippen molar-refractivity contribution in [3.8, 4) is 0 Å². The van der Waals surface area contributed by atoms with Gasteiger partial charge in [-0.2, -0.15) is 0 Å². The third kappa shape index (κ3) is 6.52. The molecule has 0 spiro atoms. The Hall–Kier alpha value is -0.930. The van der Waals surface area contributed by atoms with Gasteiger partial charge in [-0.05, 0) is 49.3 Å². The summed E-state index contributed by atoms with van der Waals surface area (Å²) < 4.78 is 24.8. The highest BCUT2D eigenvalue weighted by Gasteiger charge is 2.35. The molecule has 2 fully saturated rings. The van der Waals surface area contributed by atoms with E-state index < -0.39 is 0 Å². The largest absolute Gasteiger partial charge is 0.385 e. The van der Waals surface area contributed by atoms with Crippen LogP contribution in [0.3, 0.4) is 0 Å². The van der Waals surface area contributed by atoms with Crippen LogP contribution in [-0.2, 0) is 9.47 Å². The van der Waals surface area contributed by atoms with Gasteiger partial charge in [0.2, 0.25) is 0 Å². The predicted octanol–water partition coefficient (Wildman–Crippen LogP) is 4.38. The van der Waals surface area contributed by atoms with Crippen molar-refractivity contribution in [2.24, 2.45) is 10.4 Å². The Kier molecular flexibility index (Phi) is 9.62. The molecule has 1 heterocycles. The number of hydrogen-bond donors (Lipinski definition) is 1. The highest BCUT2D eigenvalue weighted by Crippen LogP contribution is 2.40. The van der Waals surface area contributed by atoms with Crippen LogP contribution in [0.15, 0.2) is 29.3 Å². The number of rotatable bonds is 6. The molecule has 0 radical (unpaired) electrons. The van der Waals surface area contributed by atoms with Crippen molar-refractivity contribution in [1.82, 2.24) is 10.2 Å². The van der Waals surface area contributed by atoms with Gasteiger partial charge < -0.3 is 19.7 Å². The number of nitrogens with one attached hydrogen (secondary N) is 1. The van der Waals surface area contributed by atoms with Gasteiger partial charge in [-0.1, -0.05) is 25.0 Å². The van der Waals surface area contributed by atoms with Crippen LogP contribution in [0.4, 0.5) is 4.39 Å². The fourth-order valence-electron chi connectivity index (χ4n) is 4.54. The van der Waals surface area contributed by atoms with E-state index >= 15 is 0 Å². The number of nitrogens with zero attached hydrogens (tertiary/aromatic N) is 2. The molecule has 2 aliphatic rings. The summed E-state index contributed by atoms with van der Waals surface area (Å²) in [5.41, 5.74) is 1.31. The van der Waals surface area contributed by atoms with E-state index in [9.17, 15) is 4.39 Å². The summed E-state index contributed by atoms with van der Waals surface area (Å²) in [6, 6.07) is 6.61. The van der Waals surface area contributed by atoms with Gasteiger partial charge in [0.1, 0.15) is 11.9 Å². The van der Waals surface area contributed by atoms with Crippen LogP contribution < -0.4 is 5.32 Å². The smallest absolute Gasteiger partial charge is 0.193 e. The molecule has 1 aromatic carbocycles. The van der Waals surface area contributed by atoms with Crippen molar-refractivity contribution in [3.63, 3.8) is 0 Å². The molecule has 1 aliphatic heterocycles. The zero-order valence-corrected chi connectivity index (χ0v) is 20.2. The van der Waals surface area contributed by atoms with Crippen molar-refractivity contribution in [3.05, 3.63) is 35.6 Å². The molecule has 1 saturated heterocycles. The standard InChI is InChI=1S/C22H34FN3O2.HI/c1-17-14-26(15-20(28-17)18-6-8-19(23)9-7-18)21(24-2)25-16-22(12-13-27-3)10-4-5-11-22;/h6-9,17,20H,4-5,10-16H2,1-3H3,(H,24,25);1H. The number of ether oxygens (including phenoxy) is 2. The van der Waals surface area contributed by atoms with E-state index in [0.29, 0.717) is 12.0 Å². The first-order valence-corrected chi connectivity index (χ1v) is 10.4. The molecule has 1 aliphatic carbocycles. The van der Waals surface area contributed by atoms with E-state index in [1.807, 2.05) is 19.2 Å². The Morgan fingerprint density at radius 1 is 1.28 bits per heavy atom. The zero-order valence-electron chi connectivity index (χ0n) is 17.8. The molecule has 1 N–H and O–H groups in total. The summed E-state index contributed by atoms with van der Waals surface area (Å²) in [6.07, 6.45) is 6.17. The topological polar surface area (TPSA) is 46.1 Å². The van der Waals surface area contributed by atoms with Crippen LogP contribution in [-0.4, -0.2) is 57.4 Å². The summed E-state index contributed by atoms with van der Waals surface area (Å²) >= 11 is 0. The van der Waals surface area contributed by atoms with Crippen molar-refractivity contribution < 1.29 is 13.9 Å². The van der Waals surface area contributed by atoms with Crippen LogP contribution in [0, 0.1) is 11.2 Å². The highest BCUT2D eigenvalue weighted by molar-refractivity contribution is 14.0. The SMILES string of the molecule is CN=C(NCC1(CCOC)CCCC1)N1CC(C)OC(c2ccc(F)cc2)C1.I. The second kappa shape index (κ2) is 11.5. The Morgan fingerprint density at radius 3 is 2.59 bits per heavy atom. The van der Waals surface area contributed by atoms with E-state index in [4.69, 9.17) is 9.47 Å². The van der Waals surface area contributed by atoms with Gasteiger partial charge in [0.15, 0.2) is 5.96 Å². The first-order chi connectivity index (χ1) is 13.5. The Bertz CT molecular complexity index is 650. The number of methoxy groups -OCH3 is 1. The lowest BCUT2D eigenvalue weighted by Gasteiger charge is -2.40. The average Bonchev–Trinajstić information content (AvgIpc) is 3.16. The minimum atomic E-state index is -0.222. The van der Waals surface area contributed by atoms with Gasteiger partial charge in [-0.25, -0.2) is 4.39 Å². The first-order valence-electron chi connectivity index (χ1n) is 10.4. The second-order valence-corrected chi connectivity index (χ2v) is 8.24. The lowest BCUT2D eigenvalue weighted by atomic mass is 9.83. The van der Waals surface area contributed by atoms with Gasteiger partial charge in [0, 0.05) is 33.9 Å². The van der Waals surface area contributed by atoms with Gasteiger partial charge >= 0.3 is 0 Å². The lowest BCUT2D eigenvalue weighted by molar-refractivity contribution is -0.0606. The van der Waals surface area contributed by atoms with Crippen LogP contribution in [0.25, 0.3) is 0 Å². The Morgan fingerprint density at radius 2 is 1.97 bits per heavy atom. The zero-order chi connectivity index (χ0) is 20.0. The number of aliphatic imine (C=N–C) groups is 1. The maximum absolute atomic E-state index is 13.3. The molecule has 0 amide bonds. The molecule has 2 unspecified atom stereocenters. The van der Waals surface area contributed by atoms with E-state index in [1.165, 1.54) is 37.8 Å². The third-order valence-electron chi connectivity index (χ3n) is 6.14. The molecule has 0 aromatic heterocycles. The predicted molar refractivity (Wildman–Crippen MR) is 125 cm³/mol. The maximum Gasteiger partial charge on any atom is 0.193 e. The number of halogens is 2. The molecule has 3 rings (SSSR count). The van der Waals surface area contributed by atoms with E-state index in [2.05, 4.69) is 22.1 Å². The molecule has 29 heavy (non-hydrogen) atoms. The molecular weight excluding hydrogens is 484 g/mol. The molecule has 1 aromatic rings. The second-order valence-electron chi connectivity index (χ2n) is 8.24. The van der Waals surface area contributed by atoms with E-state index in [1.54, 1.807) is 7.11 Å². The van der Waals surface area contributed by atoms with Gasteiger partial charge in [0.05, 0.1) is 12.6 Å². The van der Waals surface area contributed by atoms with Crippen molar-refractivity contribution in [2.45, 2.75) is 51.2 Å². The van der Waals surface area contributed by atoms with Gasteiger partial charge in [-0.15, -0.1) is 24.0 Å². The monoisotopic (exact) mass is 519 g/mol. The van der Waals surface area contributed by atoms with Crippen LogP contribution in [0.1, 0.15) is 50.7 Å². The summed E-state index contributed by atoms with van der Waals surface area (Å²) in [6.45, 7) is 5.31. The lowest BCUT2D eigenvalue weighted by Crippen LogP contribution is -2.52. The Balaban J connectivity index is 0.00000300. The first kappa shape index (κ1) is 24.3. The van der Waals surface area contributed by atoms with Gasteiger partial charge in [-0.3, -0.25) is 4.99 Å². The minimum Gasteiger partial charge on any atom is -0.385 e. The fourth-order valence-corrected chi connectivity index (χ4v) is 4.54. The van der Waals surface area contributed by atoms with Crippen molar-refractivity contribution in [1.29, 1.82) is 0 Å². The third-order valence-corrected chi connectivity index (χ3v) is 6.14. The molecule has 0 bridgehead atoms. The maximum atomic E-state index is 13.3. The molecule has 5 nitrogen and oxygen atoms in total. The fraction of sp³-hybridized carbons (Fsp3) is 0.682. The summed E-state index contributed by atoms with van der Waals surface area (Å²) in [4.78, 5) is 6.81. The van der Waals surface area contributed by atoms with E-state index in [-0.39, 0.29) is 42.0 Å².